The van der Waals surface area contributed by atoms with Crippen molar-refractivity contribution in [2.75, 3.05) is 13.1 Å². The Labute approximate surface area is 175 Å². The lowest BCUT2D eigenvalue weighted by molar-refractivity contribution is -0.138. The van der Waals surface area contributed by atoms with Gasteiger partial charge in [-0.25, -0.2) is 4.79 Å². The lowest BCUT2D eigenvalue weighted by Crippen LogP contribution is -2.54. The predicted molar refractivity (Wildman–Crippen MR) is 108 cm³/mol. The predicted octanol–water partition coefficient (Wildman–Crippen LogP) is 1.52. The molecule has 3 N–H and O–H groups in total. The van der Waals surface area contributed by atoms with Crippen LogP contribution < -0.4 is 10.6 Å². The molecule has 0 bridgehead atoms. The molecule has 164 valence electrons. The SMILES string of the molecule is CC(C)CC(NC(=O)C1CCCN1C(=O)OCc1ccccc1)C(=O)NCC(=O)O. The van der Waals surface area contributed by atoms with Crippen LogP contribution in [0.4, 0.5) is 4.79 Å². The highest BCUT2D eigenvalue weighted by Gasteiger charge is 2.36. The number of rotatable bonds is 9. The number of amides is 3. The molecule has 1 saturated heterocycles. The van der Waals surface area contributed by atoms with Gasteiger partial charge in [0.15, 0.2) is 0 Å². The second kappa shape index (κ2) is 11.2. The quantitative estimate of drug-likeness (QED) is 0.557. The Balaban J connectivity index is 1.96. The van der Waals surface area contributed by atoms with E-state index in [9.17, 15) is 19.2 Å². The molecule has 2 rings (SSSR count). The van der Waals surface area contributed by atoms with Gasteiger partial charge in [-0.1, -0.05) is 44.2 Å². The van der Waals surface area contributed by atoms with E-state index >= 15 is 0 Å². The highest BCUT2D eigenvalue weighted by molar-refractivity contribution is 5.92. The first-order chi connectivity index (χ1) is 14.3. The maximum atomic E-state index is 12.8. The Hall–Kier alpha value is -3.10. The minimum atomic E-state index is -1.17. The van der Waals surface area contributed by atoms with Gasteiger partial charge < -0.3 is 20.5 Å². The third-order valence-electron chi connectivity index (χ3n) is 4.75. The molecule has 3 amide bonds. The molecule has 1 fully saturated rings. The van der Waals surface area contributed by atoms with Crippen molar-refractivity contribution in [1.82, 2.24) is 15.5 Å². The maximum absolute atomic E-state index is 12.8. The van der Waals surface area contributed by atoms with Gasteiger partial charge in [-0.05, 0) is 30.7 Å². The van der Waals surface area contributed by atoms with Crippen LogP contribution in [0, 0.1) is 5.92 Å². The van der Waals surface area contributed by atoms with E-state index < -0.39 is 42.5 Å². The summed E-state index contributed by atoms with van der Waals surface area (Å²) >= 11 is 0. The molecule has 1 aliphatic rings. The molecule has 2 atom stereocenters. The average molecular weight is 419 g/mol. The molecular formula is C21H29N3O6. The van der Waals surface area contributed by atoms with Crippen LogP contribution in [-0.4, -0.2) is 59.1 Å². The van der Waals surface area contributed by atoms with Gasteiger partial charge in [0.05, 0.1) is 0 Å². The fraction of sp³-hybridized carbons (Fsp3) is 0.524. The van der Waals surface area contributed by atoms with Crippen LogP contribution in [0.25, 0.3) is 0 Å². The summed E-state index contributed by atoms with van der Waals surface area (Å²) in [6.45, 7) is 3.77. The molecule has 2 unspecified atom stereocenters. The van der Waals surface area contributed by atoms with Crippen LogP contribution in [0.1, 0.15) is 38.7 Å². The summed E-state index contributed by atoms with van der Waals surface area (Å²) in [5, 5.41) is 13.7. The number of carboxylic acids is 1. The largest absolute Gasteiger partial charge is 0.480 e. The van der Waals surface area contributed by atoms with Crippen molar-refractivity contribution in [2.45, 2.75) is 51.8 Å². The van der Waals surface area contributed by atoms with Crippen LogP contribution in [-0.2, 0) is 25.7 Å². The summed E-state index contributed by atoms with van der Waals surface area (Å²) in [4.78, 5) is 49.7. The van der Waals surface area contributed by atoms with E-state index in [1.165, 1.54) is 4.90 Å². The number of ether oxygens (including phenoxy) is 1. The Kier molecular flexibility index (Phi) is 8.64. The van der Waals surface area contributed by atoms with E-state index in [1.54, 1.807) is 0 Å². The van der Waals surface area contributed by atoms with E-state index in [1.807, 2.05) is 44.2 Å². The number of aliphatic carboxylic acids is 1. The van der Waals surface area contributed by atoms with Crippen LogP contribution in [0.5, 0.6) is 0 Å². The first-order valence-corrected chi connectivity index (χ1v) is 10.0. The first kappa shape index (κ1) is 23.2. The van der Waals surface area contributed by atoms with Gasteiger partial charge in [0, 0.05) is 6.54 Å². The molecule has 1 heterocycles. The summed E-state index contributed by atoms with van der Waals surface area (Å²) in [7, 11) is 0. The maximum Gasteiger partial charge on any atom is 0.410 e. The summed E-state index contributed by atoms with van der Waals surface area (Å²) in [6, 6.07) is 7.64. The van der Waals surface area contributed by atoms with Crippen LogP contribution in [0.2, 0.25) is 0 Å². The van der Waals surface area contributed by atoms with Gasteiger partial charge in [0.1, 0.15) is 25.2 Å². The average Bonchev–Trinajstić information content (AvgIpc) is 3.20. The molecule has 0 aromatic heterocycles. The lowest BCUT2D eigenvalue weighted by atomic mass is 10.0. The molecule has 0 saturated carbocycles. The molecule has 0 radical (unpaired) electrons. The fourth-order valence-electron chi connectivity index (χ4n) is 3.32. The lowest BCUT2D eigenvalue weighted by Gasteiger charge is -2.26. The second-order valence-corrected chi connectivity index (χ2v) is 7.69. The monoisotopic (exact) mass is 419 g/mol. The molecular weight excluding hydrogens is 390 g/mol. The minimum absolute atomic E-state index is 0.0985. The molecule has 0 spiro atoms. The van der Waals surface area contributed by atoms with Crippen molar-refractivity contribution in [3.8, 4) is 0 Å². The number of hydrogen-bond donors (Lipinski definition) is 3. The number of benzene rings is 1. The second-order valence-electron chi connectivity index (χ2n) is 7.69. The van der Waals surface area contributed by atoms with E-state index in [0.29, 0.717) is 25.8 Å². The van der Waals surface area contributed by atoms with Crippen molar-refractivity contribution < 1.29 is 29.0 Å². The van der Waals surface area contributed by atoms with Crippen LogP contribution in [0.15, 0.2) is 30.3 Å². The Morgan fingerprint density at radius 1 is 1.20 bits per heavy atom. The normalized spacial score (nSPS) is 16.8. The van der Waals surface area contributed by atoms with Gasteiger partial charge in [-0.3, -0.25) is 19.3 Å². The Bertz CT molecular complexity index is 752. The Morgan fingerprint density at radius 2 is 1.90 bits per heavy atom. The van der Waals surface area contributed by atoms with Gasteiger partial charge >= 0.3 is 12.1 Å². The first-order valence-electron chi connectivity index (χ1n) is 10.0. The van der Waals surface area contributed by atoms with Gasteiger partial charge in [0.25, 0.3) is 0 Å². The zero-order valence-electron chi connectivity index (χ0n) is 17.3. The zero-order valence-corrected chi connectivity index (χ0v) is 17.3. The molecule has 0 aliphatic carbocycles. The minimum Gasteiger partial charge on any atom is -0.480 e. The molecule has 9 nitrogen and oxygen atoms in total. The summed E-state index contributed by atoms with van der Waals surface area (Å²) < 4.78 is 5.34. The number of likely N-dealkylation sites (tertiary alicyclic amines) is 1. The molecule has 30 heavy (non-hydrogen) atoms. The Morgan fingerprint density at radius 3 is 2.53 bits per heavy atom. The van der Waals surface area contributed by atoms with Gasteiger partial charge in [-0.2, -0.15) is 0 Å². The number of carboxylic acid groups (broad SMARTS) is 1. The molecule has 9 heteroatoms. The summed E-state index contributed by atoms with van der Waals surface area (Å²) in [6.07, 6.45) is 0.894. The zero-order chi connectivity index (χ0) is 22.1. The van der Waals surface area contributed by atoms with Gasteiger partial charge in [-0.15, -0.1) is 0 Å². The van der Waals surface area contributed by atoms with Crippen LogP contribution in [0.3, 0.4) is 0 Å². The van der Waals surface area contributed by atoms with E-state index in [4.69, 9.17) is 9.84 Å². The standard InChI is InChI=1S/C21H29N3O6/c1-14(2)11-16(19(27)22-12-18(25)26)23-20(28)17-9-6-10-24(17)21(29)30-13-15-7-4-3-5-8-15/h3-5,7-8,14,16-17H,6,9-13H2,1-2H3,(H,22,27)(H,23,28)(H,25,26). The van der Waals surface area contributed by atoms with E-state index in [-0.39, 0.29) is 12.5 Å². The van der Waals surface area contributed by atoms with E-state index in [2.05, 4.69) is 10.6 Å². The van der Waals surface area contributed by atoms with Gasteiger partial charge in [0.2, 0.25) is 11.8 Å². The highest BCUT2D eigenvalue weighted by Crippen LogP contribution is 2.20. The third kappa shape index (κ3) is 7.06. The fourth-order valence-corrected chi connectivity index (χ4v) is 3.32. The van der Waals surface area contributed by atoms with E-state index in [0.717, 1.165) is 5.56 Å². The van der Waals surface area contributed by atoms with Crippen molar-refractivity contribution in [2.24, 2.45) is 5.92 Å². The number of nitrogens with one attached hydrogen (secondary N) is 2. The topological polar surface area (TPSA) is 125 Å². The van der Waals surface area contributed by atoms with Crippen molar-refractivity contribution in [3.63, 3.8) is 0 Å². The van der Waals surface area contributed by atoms with Crippen molar-refractivity contribution in [1.29, 1.82) is 0 Å². The number of carbonyl (C=O) groups excluding carboxylic acids is 3. The smallest absolute Gasteiger partial charge is 0.410 e. The summed E-state index contributed by atoms with van der Waals surface area (Å²) in [5.74, 6) is -2.07. The third-order valence-corrected chi connectivity index (χ3v) is 4.75. The summed E-state index contributed by atoms with van der Waals surface area (Å²) in [5.41, 5.74) is 0.846. The molecule has 1 aliphatic heterocycles. The van der Waals surface area contributed by atoms with Crippen molar-refractivity contribution in [3.05, 3.63) is 35.9 Å². The highest BCUT2D eigenvalue weighted by atomic mass is 16.6. The number of nitrogens with zero attached hydrogens (tertiary/aromatic N) is 1. The number of carbonyl (C=O) groups is 4. The van der Waals surface area contributed by atoms with Crippen molar-refractivity contribution >= 4 is 23.9 Å². The number of hydrogen-bond acceptors (Lipinski definition) is 5. The van der Waals surface area contributed by atoms with Crippen LogP contribution >= 0.6 is 0 Å². The molecule has 1 aromatic carbocycles. The molecule has 1 aromatic rings.